The molecule has 0 unspecified atom stereocenters. The van der Waals surface area contributed by atoms with Crippen LogP contribution in [0, 0.1) is 14.9 Å². The lowest BCUT2D eigenvalue weighted by molar-refractivity contribution is 0.365. The predicted octanol–water partition coefficient (Wildman–Crippen LogP) is 4.83. The molecule has 0 spiro atoms. The molecule has 1 fully saturated rings. The number of hydrogen-bond donors (Lipinski definition) is 0. The monoisotopic (exact) mass is 512 g/mol. The Bertz CT molecular complexity index is 1190. The molecule has 1 aromatic heterocycles. The average Bonchev–Trinajstić information content (AvgIpc) is 2.78. The number of nitrogens with zero attached hydrogens (tertiary/aromatic N) is 4. The Hall–Kier alpha value is -2.73. The van der Waals surface area contributed by atoms with Crippen LogP contribution in [0.1, 0.15) is 49.4 Å². The number of nitriles is 1. The average molecular weight is 512 g/mol. The van der Waals surface area contributed by atoms with Crippen molar-refractivity contribution in [3.8, 4) is 11.8 Å². The van der Waals surface area contributed by atoms with E-state index < -0.39 is 0 Å². The van der Waals surface area contributed by atoms with Gasteiger partial charge >= 0.3 is 0 Å². The summed E-state index contributed by atoms with van der Waals surface area (Å²) in [5.41, 5.74) is 1.43. The van der Waals surface area contributed by atoms with Gasteiger partial charge in [0.05, 0.1) is 20.7 Å². The molecule has 1 aliphatic rings. The molecule has 0 saturated heterocycles. The van der Waals surface area contributed by atoms with Gasteiger partial charge in [-0.3, -0.25) is 4.79 Å². The van der Waals surface area contributed by atoms with Crippen LogP contribution >= 0.6 is 22.6 Å². The Morgan fingerprint density at radius 1 is 1.23 bits per heavy atom. The number of benzene rings is 2. The molecule has 1 heterocycles. The second-order valence-corrected chi connectivity index (χ2v) is 8.48. The maximum Gasteiger partial charge on any atom is 0.282 e. The Balaban J connectivity index is 1.74. The molecule has 0 amide bonds. The van der Waals surface area contributed by atoms with Gasteiger partial charge in [-0.05, 0) is 71.3 Å². The summed E-state index contributed by atoms with van der Waals surface area (Å²) < 4.78 is 7.75. The van der Waals surface area contributed by atoms with Crippen molar-refractivity contribution in [2.24, 2.45) is 5.10 Å². The van der Waals surface area contributed by atoms with Crippen molar-refractivity contribution in [2.75, 3.05) is 6.61 Å². The van der Waals surface area contributed by atoms with Crippen LogP contribution in [0.15, 0.2) is 52.4 Å². The zero-order valence-corrected chi connectivity index (χ0v) is 18.6. The first-order valence-corrected chi connectivity index (χ1v) is 11.1. The highest BCUT2D eigenvalue weighted by Gasteiger charge is 2.22. The van der Waals surface area contributed by atoms with E-state index in [1.165, 1.54) is 11.1 Å². The molecule has 6 nitrogen and oxygen atoms in total. The van der Waals surface area contributed by atoms with Crippen LogP contribution < -0.4 is 10.3 Å². The molecule has 7 heteroatoms. The summed E-state index contributed by atoms with van der Waals surface area (Å²) in [4.78, 5) is 18.0. The summed E-state index contributed by atoms with van der Waals surface area (Å²) in [6, 6.07) is 15.0. The van der Waals surface area contributed by atoms with Crippen LogP contribution in [-0.4, -0.2) is 22.5 Å². The maximum atomic E-state index is 13.2. The standard InChI is InChI=1S/C23H21IN4O2/c24-19-14-16(10-11-21(19)30-13-12-25)15-26-28-22(17-6-2-1-3-7-17)27-20-9-5-4-8-18(20)23(28)29/h4-5,8-11,14-15,17H,1-3,6-7,13H2. The van der Waals surface area contributed by atoms with Crippen molar-refractivity contribution in [1.29, 1.82) is 5.26 Å². The number of rotatable bonds is 5. The number of ether oxygens (including phenoxy) is 1. The maximum absolute atomic E-state index is 13.2. The van der Waals surface area contributed by atoms with Gasteiger partial charge in [0.15, 0.2) is 6.61 Å². The first kappa shape index (κ1) is 20.5. The lowest BCUT2D eigenvalue weighted by Gasteiger charge is -2.22. The number of aromatic nitrogens is 2. The number of halogens is 1. The van der Waals surface area contributed by atoms with E-state index in [9.17, 15) is 4.79 Å². The topological polar surface area (TPSA) is 80.3 Å². The van der Waals surface area contributed by atoms with Gasteiger partial charge in [0.1, 0.15) is 17.6 Å². The molecular weight excluding hydrogens is 491 g/mol. The third kappa shape index (κ3) is 4.38. The molecule has 0 aliphatic heterocycles. The van der Waals surface area contributed by atoms with Gasteiger partial charge in [0.2, 0.25) is 0 Å². The van der Waals surface area contributed by atoms with Crippen LogP contribution in [0.5, 0.6) is 5.75 Å². The minimum Gasteiger partial charge on any atom is -0.478 e. The zero-order valence-electron chi connectivity index (χ0n) is 16.4. The largest absolute Gasteiger partial charge is 0.478 e. The van der Waals surface area contributed by atoms with E-state index in [4.69, 9.17) is 15.0 Å². The van der Waals surface area contributed by atoms with E-state index in [1.807, 2.05) is 42.5 Å². The molecule has 1 saturated carbocycles. The molecule has 30 heavy (non-hydrogen) atoms. The minimum absolute atomic E-state index is 0.00629. The van der Waals surface area contributed by atoms with Crippen LogP contribution in [0.3, 0.4) is 0 Å². The summed E-state index contributed by atoms with van der Waals surface area (Å²) in [7, 11) is 0. The normalized spacial score (nSPS) is 14.8. The molecule has 0 atom stereocenters. The van der Waals surface area contributed by atoms with Crippen molar-refractivity contribution in [2.45, 2.75) is 38.0 Å². The molecule has 152 valence electrons. The molecule has 1 aliphatic carbocycles. The van der Waals surface area contributed by atoms with Gasteiger partial charge in [0.25, 0.3) is 5.56 Å². The number of fused-ring (bicyclic) bond motifs is 1. The Morgan fingerprint density at radius 2 is 2.03 bits per heavy atom. The van der Waals surface area contributed by atoms with Crippen molar-refractivity contribution in [3.05, 3.63) is 67.8 Å². The fourth-order valence-electron chi connectivity index (χ4n) is 3.83. The third-order valence-corrected chi connectivity index (χ3v) is 6.16. The lowest BCUT2D eigenvalue weighted by Crippen LogP contribution is -2.25. The Labute approximate surface area is 188 Å². The van der Waals surface area contributed by atoms with Crippen LogP contribution in [0.2, 0.25) is 0 Å². The van der Waals surface area contributed by atoms with Crippen LogP contribution in [0.4, 0.5) is 0 Å². The quantitative estimate of drug-likeness (QED) is 0.362. The van der Waals surface area contributed by atoms with Crippen molar-refractivity contribution in [1.82, 2.24) is 9.66 Å². The van der Waals surface area contributed by atoms with Crippen LogP contribution in [0.25, 0.3) is 10.9 Å². The third-order valence-electron chi connectivity index (χ3n) is 5.32. The molecule has 2 aromatic carbocycles. The molecule has 0 N–H and O–H groups in total. The highest BCUT2D eigenvalue weighted by atomic mass is 127. The minimum atomic E-state index is -0.138. The molecule has 4 rings (SSSR count). The van der Waals surface area contributed by atoms with Crippen molar-refractivity contribution >= 4 is 39.7 Å². The predicted molar refractivity (Wildman–Crippen MR) is 125 cm³/mol. The second-order valence-electron chi connectivity index (χ2n) is 7.32. The van der Waals surface area contributed by atoms with Gasteiger partial charge in [-0.2, -0.15) is 15.0 Å². The first-order valence-electron chi connectivity index (χ1n) is 10.0. The van der Waals surface area contributed by atoms with Gasteiger partial charge < -0.3 is 4.74 Å². The summed E-state index contributed by atoms with van der Waals surface area (Å²) in [5.74, 6) is 1.65. The van der Waals surface area contributed by atoms with Gasteiger partial charge in [-0.15, -0.1) is 0 Å². The fourth-order valence-corrected chi connectivity index (χ4v) is 4.52. The lowest BCUT2D eigenvalue weighted by atomic mass is 9.88. The SMILES string of the molecule is N#CCOc1ccc(C=Nn2c(C3CCCCC3)nc3ccccc3c2=O)cc1I. The Morgan fingerprint density at radius 3 is 2.80 bits per heavy atom. The van der Waals surface area contributed by atoms with E-state index in [-0.39, 0.29) is 18.1 Å². The summed E-state index contributed by atoms with van der Waals surface area (Å²) in [5, 5.41) is 13.8. The summed E-state index contributed by atoms with van der Waals surface area (Å²) in [6.07, 6.45) is 7.28. The Kier molecular flexibility index (Phi) is 6.43. The molecule has 0 bridgehead atoms. The van der Waals surface area contributed by atoms with Crippen LogP contribution in [-0.2, 0) is 0 Å². The summed E-state index contributed by atoms with van der Waals surface area (Å²) in [6.45, 7) is 0.00629. The highest BCUT2D eigenvalue weighted by molar-refractivity contribution is 14.1. The van der Waals surface area contributed by atoms with E-state index in [0.717, 1.165) is 46.2 Å². The first-order chi connectivity index (χ1) is 14.7. The van der Waals surface area contributed by atoms with Gasteiger partial charge in [-0.25, -0.2) is 4.98 Å². The van der Waals surface area contributed by atoms with E-state index in [1.54, 1.807) is 12.3 Å². The highest BCUT2D eigenvalue weighted by Crippen LogP contribution is 2.31. The van der Waals surface area contributed by atoms with Crippen molar-refractivity contribution < 1.29 is 4.74 Å². The molecular formula is C23H21IN4O2. The molecule has 3 aromatic rings. The summed E-state index contributed by atoms with van der Waals surface area (Å²) >= 11 is 2.16. The van der Waals surface area contributed by atoms with E-state index in [2.05, 4.69) is 27.7 Å². The van der Waals surface area contributed by atoms with Gasteiger partial charge in [0, 0.05) is 5.92 Å². The zero-order chi connectivity index (χ0) is 20.9. The van der Waals surface area contributed by atoms with E-state index in [0.29, 0.717) is 11.1 Å². The van der Waals surface area contributed by atoms with Gasteiger partial charge in [-0.1, -0.05) is 31.4 Å². The molecule has 0 radical (unpaired) electrons. The fraction of sp³-hybridized carbons (Fsp3) is 0.304. The number of para-hydroxylation sites is 1. The van der Waals surface area contributed by atoms with Crippen molar-refractivity contribution in [3.63, 3.8) is 0 Å². The second kappa shape index (κ2) is 9.39. The number of hydrogen-bond acceptors (Lipinski definition) is 5. The van der Waals surface area contributed by atoms with E-state index >= 15 is 0 Å². The smallest absolute Gasteiger partial charge is 0.282 e.